The molecule has 1 atom stereocenters. The largest absolute Gasteiger partial charge is 0.406 e. The van der Waals surface area contributed by atoms with E-state index >= 15 is 0 Å². The summed E-state index contributed by atoms with van der Waals surface area (Å²) in [6.07, 6.45) is 1.06. The molecule has 0 radical (unpaired) electrons. The van der Waals surface area contributed by atoms with Gasteiger partial charge in [-0.05, 0) is 44.5 Å². The van der Waals surface area contributed by atoms with Crippen LogP contribution in [0.3, 0.4) is 0 Å². The predicted molar refractivity (Wildman–Crippen MR) is 80.5 cm³/mol. The van der Waals surface area contributed by atoms with E-state index in [1.807, 2.05) is 32.0 Å². The van der Waals surface area contributed by atoms with Gasteiger partial charge in [-0.3, -0.25) is 0 Å². The first-order chi connectivity index (χ1) is 9.60. The summed E-state index contributed by atoms with van der Waals surface area (Å²) in [5.74, 6) is 0.559. The third-order valence-electron chi connectivity index (χ3n) is 2.88. The Morgan fingerprint density at radius 3 is 2.85 bits per heavy atom. The van der Waals surface area contributed by atoms with E-state index < -0.39 is 0 Å². The number of aryl methyl sites for hydroxylation is 1. The SMILES string of the molecule is CCCNC(C)c1nnc(Nc2ccc(C)cc2Cl)o1. The molecule has 0 saturated carbocycles. The summed E-state index contributed by atoms with van der Waals surface area (Å²) < 4.78 is 5.58. The molecule has 1 unspecified atom stereocenters. The summed E-state index contributed by atoms with van der Waals surface area (Å²) >= 11 is 6.15. The van der Waals surface area contributed by atoms with Gasteiger partial charge in [0, 0.05) is 0 Å². The zero-order valence-corrected chi connectivity index (χ0v) is 12.7. The van der Waals surface area contributed by atoms with Gasteiger partial charge < -0.3 is 15.1 Å². The van der Waals surface area contributed by atoms with E-state index in [0.29, 0.717) is 16.9 Å². The second-order valence-corrected chi connectivity index (χ2v) is 5.14. The lowest BCUT2D eigenvalue weighted by Crippen LogP contribution is -2.19. The highest BCUT2D eigenvalue weighted by Gasteiger charge is 2.13. The van der Waals surface area contributed by atoms with Gasteiger partial charge in [0.15, 0.2) is 0 Å². The lowest BCUT2D eigenvalue weighted by atomic mass is 10.2. The molecule has 0 bridgehead atoms. The molecule has 0 aliphatic rings. The molecular formula is C14H19ClN4O. The van der Waals surface area contributed by atoms with Crippen molar-refractivity contribution in [3.8, 4) is 0 Å². The predicted octanol–water partition coefficient (Wildman–Crippen LogP) is 3.84. The Kier molecular flexibility index (Phi) is 4.98. The molecule has 20 heavy (non-hydrogen) atoms. The Hall–Kier alpha value is -1.59. The molecule has 2 N–H and O–H groups in total. The van der Waals surface area contributed by atoms with Gasteiger partial charge in [0.1, 0.15) is 0 Å². The maximum absolute atomic E-state index is 6.15. The fourth-order valence-corrected chi connectivity index (χ4v) is 2.03. The van der Waals surface area contributed by atoms with E-state index in [4.69, 9.17) is 16.0 Å². The Labute approximate surface area is 123 Å². The number of rotatable bonds is 6. The van der Waals surface area contributed by atoms with Gasteiger partial charge in [0.05, 0.1) is 16.8 Å². The number of benzene rings is 1. The molecule has 108 valence electrons. The highest BCUT2D eigenvalue weighted by atomic mass is 35.5. The molecule has 0 saturated heterocycles. The Morgan fingerprint density at radius 1 is 1.35 bits per heavy atom. The van der Waals surface area contributed by atoms with Crippen molar-refractivity contribution in [3.05, 3.63) is 34.7 Å². The highest BCUT2D eigenvalue weighted by Crippen LogP contribution is 2.26. The monoisotopic (exact) mass is 294 g/mol. The van der Waals surface area contributed by atoms with E-state index in [1.54, 1.807) is 0 Å². The third kappa shape index (κ3) is 3.71. The summed E-state index contributed by atoms with van der Waals surface area (Å²) in [5, 5.41) is 15.0. The van der Waals surface area contributed by atoms with E-state index in [1.165, 1.54) is 0 Å². The van der Waals surface area contributed by atoms with E-state index in [9.17, 15) is 0 Å². The minimum Gasteiger partial charge on any atom is -0.406 e. The van der Waals surface area contributed by atoms with Crippen LogP contribution < -0.4 is 10.6 Å². The number of nitrogens with zero attached hydrogens (tertiary/aromatic N) is 2. The zero-order chi connectivity index (χ0) is 14.5. The van der Waals surface area contributed by atoms with Crippen molar-refractivity contribution in [1.29, 1.82) is 0 Å². The van der Waals surface area contributed by atoms with Crippen LogP contribution in [0.4, 0.5) is 11.7 Å². The van der Waals surface area contributed by atoms with Crippen molar-refractivity contribution in [2.75, 3.05) is 11.9 Å². The summed E-state index contributed by atoms with van der Waals surface area (Å²) in [6, 6.07) is 6.12. The molecule has 0 amide bonds. The fraction of sp³-hybridized carbons (Fsp3) is 0.429. The van der Waals surface area contributed by atoms with Crippen molar-refractivity contribution in [1.82, 2.24) is 15.5 Å². The number of anilines is 2. The van der Waals surface area contributed by atoms with Gasteiger partial charge in [-0.15, -0.1) is 5.10 Å². The second-order valence-electron chi connectivity index (χ2n) is 4.73. The molecule has 0 fully saturated rings. The molecule has 0 aliphatic carbocycles. The van der Waals surface area contributed by atoms with Crippen LogP contribution in [-0.4, -0.2) is 16.7 Å². The molecule has 1 heterocycles. The van der Waals surface area contributed by atoms with Crippen LogP contribution in [0.25, 0.3) is 0 Å². The first kappa shape index (κ1) is 14.8. The molecular weight excluding hydrogens is 276 g/mol. The maximum atomic E-state index is 6.15. The zero-order valence-electron chi connectivity index (χ0n) is 11.9. The molecule has 2 rings (SSSR count). The van der Waals surface area contributed by atoms with E-state index in [-0.39, 0.29) is 6.04 Å². The normalized spacial score (nSPS) is 12.4. The van der Waals surface area contributed by atoms with Gasteiger partial charge >= 0.3 is 6.01 Å². The number of nitrogens with one attached hydrogen (secondary N) is 2. The number of hydrogen-bond acceptors (Lipinski definition) is 5. The lowest BCUT2D eigenvalue weighted by molar-refractivity contribution is 0.424. The average Bonchev–Trinajstić information content (AvgIpc) is 2.88. The smallest absolute Gasteiger partial charge is 0.320 e. The van der Waals surface area contributed by atoms with E-state index in [2.05, 4.69) is 27.8 Å². The van der Waals surface area contributed by atoms with E-state index in [0.717, 1.165) is 24.2 Å². The number of halogens is 1. The number of hydrogen-bond donors (Lipinski definition) is 2. The Balaban J connectivity index is 2.05. The second kappa shape index (κ2) is 6.72. The summed E-state index contributed by atoms with van der Waals surface area (Å²) in [5.41, 5.74) is 1.85. The van der Waals surface area contributed by atoms with Crippen LogP contribution in [0.2, 0.25) is 5.02 Å². The molecule has 0 aliphatic heterocycles. The standard InChI is InChI=1S/C14H19ClN4O/c1-4-7-16-10(3)13-18-19-14(20-13)17-12-6-5-9(2)8-11(12)15/h5-6,8,10,16H,4,7H2,1-3H3,(H,17,19). The minimum absolute atomic E-state index is 0.0338. The highest BCUT2D eigenvalue weighted by molar-refractivity contribution is 6.33. The Morgan fingerprint density at radius 2 is 2.15 bits per heavy atom. The van der Waals surface area contributed by atoms with Crippen molar-refractivity contribution >= 4 is 23.3 Å². The topological polar surface area (TPSA) is 63.0 Å². The lowest BCUT2D eigenvalue weighted by Gasteiger charge is -2.08. The van der Waals surface area contributed by atoms with Crippen LogP contribution in [0.15, 0.2) is 22.6 Å². The van der Waals surface area contributed by atoms with Crippen molar-refractivity contribution in [3.63, 3.8) is 0 Å². The first-order valence-electron chi connectivity index (χ1n) is 6.70. The van der Waals surface area contributed by atoms with Gasteiger partial charge in [0.2, 0.25) is 5.89 Å². The van der Waals surface area contributed by atoms with Gasteiger partial charge in [-0.1, -0.05) is 29.7 Å². The van der Waals surface area contributed by atoms with Crippen molar-refractivity contribution in [2.24, 2.45) is 0 Å². The maximum Gasteiger partial charge on any atom is 0.320 e. The Bertz CT molecular complexity index is 570. The molecule has 5 nitrogen and oxygen atoms in total. The summed E-state index contributed by atoms with van der Waals surface area (Å²) in [4.78, 5) is 0. The van der Waals surface area contributed by atoms with Gasteiger partial charge in [0.25, 0.3) is 0 Å². The number of aromatic nitrogens is 2. The van der Waals surface area contributed by atoms with Gasteiger partial charge in [-0.2, -0.15) is 0 Å². The fourth-order valence-electron chi connectivity index (χ4n) is 1.74. The summed E-state index contributed by atoms with van der Waals surface area (Å²) in [6.45, 7) is 7.00. The third-order valence-corrected chi connectivity index (χ3v) is 3.19. The van der Waals surface area contributed by atoms with Crippen LogP contribution in [-0.2, 0) is 0 Å². The molecule has 2 aromatic rings. The van der Waals surface area contributed by atoms with Gasteiger partial charge in [-0.25, -0.2) is 0 Å². The minimum atomic E-state index is 0.0338. The quantitative estimate of drug-likeness (QED) is 0.847. The average molecular weight is 295 g/mol. The summed E-state index contributed by atoms with van der Waals surface area (Å²) in [7, 11) is 0. The first-order valence-corrected chi connectivity index (χ1v) is 7.08. The van der Waals surface area contributed by atoms with Crippen molar-refractivity contribution < 1.29 is 4.42 Å². The van der Waals surface area contributed by atoms with Crippen LogP contribution in [0, 0.1) is 6.92 Å². The molecule has 6 heteroatoms. The van der Waals surface area contributed by atoms with Crippen molar-refractivity contribution in [2.45, 2.75) is 33.2 Å². The molecule has 1 aromatic heterocycles. The van der Waals surface area contributed by atoms with Crippen LogP contribution >= 0.6 is 11.6 Å². The molecule has 1 aromatic carbocycles. The van der Waals surface area contributed by atoms with Crippen LogP contribution in [0.5, 0.6) is 0 Å². The molecule has 0 spiro atoms. The van der Waals surface area contributed by atoms with Crippen LogP contribution in [0.1, 0.15) is 37.8 Å².